The van der Waals surface area contributed by atoms with E-state index >= 15 is 0 Å². The lowest BCUT2D eigenvalue weighted by molar-refractivity contribution is -0.122. The minimum Gasteiger partial charge on any atom is -0.326 e. The van der Waals surface area contributed by atoms with Crippen molar-refractivity contribution in [2.75, 3.05) is 11.4 Å². The van der Waals surface area contributed by atoms with Crippen LogP contribution in [0.4, 0.5) is 10.1 Å². The number of anilines is 1. The predicted octanol–water partition coefficient (Wildman–Crippen LogP) is 7.08. The number of allylic oxidation sites excluding steroid dienone is 1. The average molecular weight is 568 g/mol. The molecular weight excluding hydrogens is 537 g/mol. The Kier molecular flexibility index (Phi) is 7.49. The summed E-state index contributed by atoms with van der Waals surface area (Å²) in [5.74, 6) is -2.07. The van der Waals surface area contributed by atoms with Gasteiger partial charge in [0, 0.05) is 12.1 Å². The van der Waals surface area contributed by atoms with Crippen LogP contribution in [0.3, 0.4) is 0 Å². The Morgan fingerprint density at radius 2 is 1.88 bits per heavy atom. The van der Waals surface area contributed by atoms with Crippen molar-refractivity contribution in [3.05, 3.63) is 95.3 Å². The Balaban J connectivity index is 1.25. The summed E-state index contributed by atoms with van der Waals surface area (Å²) in [5, 5.41) is 0.854. The van der Waals surface area contributed by atoms with Gasteiger partial charge >= 0.3 is 0 Å². The quantitative estimate of drug-likeness (QED) is 0.177. The van der Waals surface area contributed by atoms with Gasteiger partial charge in [0.25, 0.3) is 11.8 Å². The van der Waals surface area contributed by atoms with Crippen molar-refractivity contribution in [2.24, 2.45) is 0 Å². The van der Waals surface area contributed by atoms with E-state index in [1.165, 1.54) is 34.2 Å². The van der Waals surface area contributed by atoms with Gasteiger partial charge in [-0.2, -0.15) is 0 Å². The molecule has 41 heavy (non-hydrogen) atoms. The molecule has 6 nitrogen and oxygen atoms in total. The van der Waals surface area contributed by atoms with Crippen LogP contribution in [0, 0.1) is 12.7 Å². The molecule has 1 fully saturated rings. The lowest BCUT2D eigenvalue weighted by Crippen LogP contribution is -2.46. The molecule has 1 aliphatic heterocycles. The maximum atomic E-state index is 14.6. The summed E-state index contributed by atoms with van der Waals surface area (Å²) < 4.78 is 15.7. The number of aryl methyl sites for hydroxylation is 1. The molecule has 1 aliphatic carbocycles. The van der Waals surface area contributed by atoms with Crippen molar-refractivity contribution in [3.63, 3.8) is 0 Å². The molecule has 1 atom stereocenters. The third-order valence-electron chi connectivity index (χ3n) is 7.84. The van der Waals surface area contributed by atoms with E-state index in [1.807, 2.05) is 31.2 Å². The van der Waals surface area contributed by atoms with E-state index in [0.29, 0.717) is 12.1 Å². The topological polar surface area (TPSA) is 70.6 Å². The molecule has 0 spiro atoms. The molecule has 0 radical (unpaired) electrons. The van der Waals surface area contributed by atoms with Gasteiger partial charge < -0.3 is 4.90 Å². The van der Waals surface area contributed by atoms with Crippen LogP contribution in [0.2, 0.25) is 0 Å². The Labute approximate surface area is 242 Å². The standard InChI is InChI=1S/C33H30FN3O3S/c1-21-11-16-27-29(19-21)41-31(35-27)23-12-14-24(15-13-23)37-30(38)20-28(33(37)40)36(18-17-22-7-3-2-4-8-22)32(39)25-9-5-6-10-26(25)34/h5-7,9-16,19,28H,2-4,8,17-18,20H2,1H3. The monoisotopic (exact) mass is 567 g/mol. The van der Waals surface area contributed by atoms with Gasteiger partial charge in [-0.1, -0.05) is 29.8 Å². The Morgan fingerprint density at radius 1 is 1.07 bits per heavy atom. The molecule has 1 aromatic heterocycles. The summed E-state index contributed by atoms with van der Waals surface area (Å²) in [7, 11) is 0. The first-order chi connectivity index (χ1) is 19.9. The lowest BCUT2D eigenvalue weighted by Gasteiger charge is -2.29. The predicted molar refractivity (Wildman–Crippen MR) is 159 cm³/mol. The number of fused-ring (bicyclic) bond motifs is 1. The first-order valence-electron chi connectivity index (χ1n) is 14.0. The highest BCUT2D eigenvalue weighted by molar-refractivity contribution is 7.21. The van der Waals surface area contributed by atoms with E-state index in [9.17, 15) is 18.8 Å². The van der Waals surface area contributed by atoms with E-state index in [4.69, 9.17) is 4.98 Å². The van der Waals surface area contributed by atoms with E-state index in [-0.39, 0.29) is 24.4 Å². The van der Waals surface area contributed by atoms with Gasteiger partial charge in [0.05, 0.1) is 27.9 Å². The van der Waals surface area contributed by atoms with Crippen molar-refractivity contribution in [1.29, 1.82) is 0 Å². The number of amides is 3. The van der Waals surface area contributed by atoms with Crippen molar-refractivity contribution in [2.45, 2.75) is 51.5 Å². The molecule has 6 rings (SSSR count). The summed E-state index contributed by atoms with van der Waals surface area (Å²) in [5.41, 5.74) is 4.56. The molecule has 0 bridgehead atoms. The van der Waals surface area contributed by atoms with Crippen LogP contribution in [0.1, 0.15) is 54.4 Å². The maximum Gasteiger partial charge on any atom is 0.257 e. The van der Waals surface area contributed by atoms with Gasteiger partial charge in [-0.15, -0.1) is 11.3 Å². The number of thiazole rings is 1. The average Bonchev–Trinajstić information content (AvgIpc) is 3.53. The Morgan fingerprint density at radius 3 is 2.63 bits per heavy atom. The van der Waals surface area contributed by atoms with Crippen molar-refractivity contribution in [3.8, 4) is 10.6 Å². The van der Waals surface area contributed by atoms with Crippen LogP contribution < -0.4 is 4.90 Å². The van der Waals surface area contributed by atoms with Crippen LogP contribution >= 0.6 is 11.3 Å². The fraction of sp³-hybridized carbons (Fsp3) is 0.273. The second-order valence-electron chi connectivity index (χ2n) is 10.7. The van der Waals surface area contributed by atoms with Crippen LogP contribution in [-0.2, 0) is 9.59 Å². The number of rotatable bonds is 7. The number of nitrogens with zero attached hydrogens (tertiary/aromatic N) is 3. The number of hydrogen-bond acceptors (Lipinski definition) is 5. The normalized spacial score (nSPS) is 17.3. The van der Waals surface area contributed by atoms with Crippen LogP contribution in [-0.4, -0.2) is 40.2 Å². The van der Waals surface area contributed by atoms with Gasteiger partial charge in [0.15, 0.2) is 0 Å². The zero-order valence-electron chi connectivity index (χ0n) is 22.8. The number of halogens is 1. The SMILES string of the molecule is Cc1ccc2nc(-c3ccc(N4C(=O)CC(N(CCC5=CCCCC5)C(=O)c5ccccc5F)C4=O)cc3)sc2c1. The molecule has 3 aromatic carbocycles. The smallest absolute Gasteiger partial charge is 0.257 e. The van der Waals surface area contributed by atoms with Crippen LogP contribution in [0.25, 0.3) is 20.8 Å². The van der Waals surface area contributed by atoms with Crippen LogP contribution in [0.15, 0.2) is 78.4 Å². The number of carbonyl (C=O) groups is 3. The summed E-state index contributed by atoms with van der Waals surface area (Å²) in [6.45, 7) is 2.29. The van der Waals surface area contributed by atoms with E-state index in [1.54, 1.807) is 29.5 Å². The molecule has 3 amide bonds. The molecule has 2 heterocycles. The first kappa shape index (κ1) is 27.0. The zero-order valence-corrected chi connectivity index (χ0v) is 23.6. The van der Waals surface area contributed by atoms with Gasteiger partial charge in [-0.3, -0.25) is 14.4 Å². The third kappa shape index (κ3) is 5.44. The lowest BCUT2D eigenvalue weighted by atomic mass is 9.96. The molecule has 4 aromatic rings. The van der Waals surface area contributed by atoms with Gasteiger partial charge in [0.2, 0.25) is 5.91 Å². The van der Waals surface area contributed by atoms with Crippen molar-refractivity contribution >= 4 is 45.0 Å². The summed E-state index contributed by atoms with van der Waals surface area (Å²) >= 11 is 1.59. The minimum atomic E-state index is -0.994. The number of carbonyl (C=O) groups excluding carboxylic acids is 3. The summed E-state index contributed by atoms with van der Waals surface area (Å²) in [6, 6.07) is 18.1. The summed E-state index contributed by atoms with van der Waals surface area (Å²) in [6.07, 6.45) is 6.82. The van der Waals surface area contributed by atoms with E-state index < -0.39 is 23.7 Å². The largest absolute Gasteiger partial charge is 0.326 e. The highest BCUT2D eigenvalue weighted by atomic mass is 32.1. The molecular formula is C33H30FN3O3S. The molecule has 1 saturated heterocycles. The number of benzene rings is 3. The second-order valence-corrected chi connectivity index (χ2v) is 11.7. The third-order valence-corrected chi connectivity index (χ3v) is 8.91. The maximum absolute atomic E-state index is 14.6. The van der Waals surface area contributed by atoms with Crippen molar-refractivity contribution in [1.82, 2.24) is 9.88 Å². The highest BCUT2D eigenvalue weighted by Crippen LogP contribution is 2.34. The second kappa shape index (κ2) is 11.4. The number of imide groups is 1. The fourth-order valence-corrected chi connectivity index (χ4v) is 6.69. The fourth-order valence-electron chi connectivity index (χ4n) is 5.62. The van der Waals surface area contributed by atoms with Gasteiger partial charge in [-0.25, -0.2) is 14.3 Å². The Bertz CT molecular complexity index is 1680. The molecule has 0 saturated carbocycles. The van der Waals surface area contributed by atoms with Crippen LogP contribution in [0.5, 0.6) is 0 Å². The number of hydrogen-bond donors (Lipinski definition) is 0. The molecule has 208 valence electrons. The molecule has 1 unspecified atom stereocenters. The molecule has 0 N–H and O–H groups in total. The number of aromatic nitrogens is 1. The van der Waals surface area contributed by atoms with Gasteiger partial charge in [-0.05, 0) is 93.1 Å². The van der Waals surface area contributed by atoms with E-state index in [0.717, 1.165) is 51.4 Å². The van der Waals surface area contributed by atoms with Crippen molar-refractivity contribution < 1.29 is 18.8 Å². The first-order valence-corrected chi connectivity index (χ1v) is 14.8. The minimum absolute atomic E-state index is 0.0980. The van der Waals surface area contributed by atoms with Gasteiger partial charge in [0.1, 0.15) is 16.9 Å². The highest BCUT2D eigenvalue weighted by Gasteiger charge is 2.44. The zero-order chi connectivity index (χ0) is 28.5. The Hall–Kier alpha value is -4.17. The summed E-state index contributed by atoms with van der Waals surface area (Å²) in [4.78, 5) is 47.8. The molecule has 8 heteroatoms. The van der Waals surface area contributed by atoms with E-state index in [2.05, 4.69) is 12.1 Å². The molecule has 2 aliphatic rings.